The molecule has 2 amide bonds. The third-order valence-corrected chi connectivity index (χ3v) is 2.40. The van der Waals surface area contributed by atoms with Crippen LogP contribution in [0.5, 0.6) is 0 Å². The second-order valence-corrected chi connectivity index (χ2v) is 3.52. The molecule has 1 fully saturated rings. The predicted molar refractivity (Wildman–Crippen MR) is 52.5 cm³/mol. The summed E-state index contributed by atoms with van der Waals surface area (Å²) in [7, 11) is 1.75. The van der Waals surface area contributed by atoms with E-state index >= 15 is 0 Å². The largest absolute Gasteiger partial charge is 0.342 e. The van der Waals surface area contributed by atoms with E-state index in [4.69, 9.17) is 5.73 Å². The number of carbonyl (C=O) groups excluding carboxylic acids is 2. The minimum atomic E-state index is 0.0114. The minimum Gasteiger partial charge on any atom is -0.342 e. The van der Waals surface area contributed by atoms with Crippen molar-refractivity contribution in [1.82, 2.24) is 9.80 Å². The Morgan fingerprint density at radius 1 is 1.50 bits per heavy atom. The van der Waals surface area contributed by atoms with Gasteiger partial charge in [-0.05, 0) is 13.0 Å². The van der Waals surface area contributed by atoms with Gasteiger partial charge in [0, 0.05) is 26.6 Å². The molecule has 1 heterocycles. The number of hydrogen-bond donors (Lipinski definition) is 1. The van der Waals surface area contributed by atoms with Crippen molar-refractivity contribution in [2.45, 2.75) is 12.8 Å². The zero-order valence-corrected chi connectivity index (χ0v) is 8.53. The Hall–Kier alpha value is -1.10. The third kappa shape index (κ3) is 2.70. The first-order valence-corrected chi connectivity index (χ1v) is 4.87. The van der Waals surface area contributed by atoms with Gasteiger partial charge in [-0.3, -0.25) is 9.59 Å². The average molecular weight is 199 g/mol. The Bertz CT molecular complexity index is 230. The molecular weight excluding hydrogens is 182 g/mol. The zero-order valence-electron chi connectivity index (χ0n) is 8.53. The first-order chi connectivity index (χ1) is 6.65. The van der Waals surface area contributed by atoms with Crippen LogP contribution in [-0.4, -0.2) is 54.8 Å². The van der Waals surface area contributed by atoms with Gasteiger partial charge in [0.2, 0.25) is 11.8 Å². The summed E-state index contributed by atoms with van der Waals surface area (Å²) in [4.78, 5) is 26.1. The highest BCUT2D eigenvalue weighted by atomic mass is 16.2. The van der Waals surface area contributed by atoms with Crippen molar-refractivity contribution in [1.29, 1.82) is 0 Å². The predicted octanol–water partition coefficient (Wildman–Crippen LogP) is -0.974. The topological polar surface area (TPSA) is 66.6 Å². The van der Waals surface area contributed by atoms with Crippen molar-refractivity contribution in [2.24, 2.45) is 5.73 Å². The van der Waals surface area contributed by atoms with Gasteiger partial charge in [0.05, 0.1) is 6.54 Å². The van der Waals surface area contributed by atoms with E-state index < -0.39 is 0 Å². The Morgan fingerprint density at radius 2 is 2.21 bits per heavy atom. The van der Waals surface area contributed by atoms with Crippen LogP contribution >= 0.6 is 0 Å². The van der Waals surface area contributed by atoms with Crippen LogP contribution in [-0.2, 0) is 9.59 Å². The van der Waals surface area contributed by atoms with Crippen molar-refractivity contribution >= 4 is 11.8 Å². The van der Waals surface area contributed by atoms with E-state index in [2.05, 4.69) is 0 Å². The molecule has 80 valence electrons. The van der Waals surface area contributed by atoms with E-state index in [1.54, 1.807) is 16.8 Å². The fourth-order valence-electron chi connectivity index (χ4n) is 1.38. The summed E-state index contributed by atoms with van der Waals surface area (Å²) in [5, 5.41) is 0. The molecule has 5 heteroatoms. The molecule has 1 rings (SSSR count). The van der Waals surface area contributed by atoms with Gasteiger partial charge in [0.1, 0.15) is 0 Å². The quantitative estimate of drug-likeness (QED) is 0.635. The Kier molecular flexibility index (Phi) is 3.88. The van der Waals surface area contributed by atoms with E-state index in [0.717, 1.165) is 0 Å². The first kappa shape index (κ1) is 11.0. The average Bonchev–Trinajstić information content (AvgIpc) is 2.18. The molecule has 0 atom stereocenters. The van der Waals surface area contributed by atoms with Crippen molar-refractivity contribution in [3.05, 3.63) is 0 Å². The molecular formula is C9H17N3O2. The lowest BCUT2D eigenvalue weighted by Crippen LogP contribution is -2.50. The summed E-state index contributed by atoms with van der Waals surface area (Å²) in [5.74, 6) is 0.0502. The van der Waals surface area contributed by atoms with Crippen LogP contribution in [0.4, 0.5) is 0 Å². The van der Waals surface area contributed by atoms with Gasteiger partial charge in [0.25, 0.3) is 0 Å². The summed E-state index contributed by atoms with van der Waals surface area (Å²) in [6.07, 6.45) is 1.15. The number of nitrogens with two attached hydrogens (primary N) is 1. The lowest BCUT2D eigenvalue weighted by atomic mass is 10.2. The van der Waals surface area contributed by atoms with Crippen molar-refractivity contribution < 1.29 is 9.59 Å². The summed E-state index contributed by atoms with van der Waals surface area (Å²) in [5.41, 5.74) is 5.31. The fraction of sp³-hybridized carbons (Fsp3) is 0.778. The molecule has 0 bridgehead atoms. The van der Waals surface area contributed by atoms with Crippen LogP contribution in [0.15, 0.2) is 0 Å². The van der Waals surface area contributed by atoms with Crippen molar-refractivity contribution in [3.63, 3.8) is 0 Å². The molecule has 0 radical (unpaired) electrons. The lowest BCUT2D eigenvalue weighted by molar-refractivity contribution is -0.144. The van der Waals surface area contributed by atoms with Crippen LogP contribution < -0.4 is 5.73 Å². The SMILES string of the molecule is CN1CCN(C(=O)CCCN)CC1=O. The zero-order chi connectivity index (χ0) is 10.6. The highest BCUT2D eigenvalue weighted by Gasteiger charge is 2.23. The molecule has 14 heavy (non-hydrogen) atoms. The highest BCUT2D eigenvalue weighted by molar-refractivity contribution is 5.85. The van der Waals surface area contributed by atoms with E-state index in [1.807, 2.05) is 0 Å². The second kappa shape index (κ2) is 4.95. The number of likely N-dealkylation sites (N-methyl/N-ethyl adjacent to an activating group) is 1. The van der Waals surface area contributed by atoms with Crippen molar-refractivity contribution in [2.75, 3.05) is 33.2 Å². The molecule has 0 aliphatic carbocycles. The Balaban J connectivity index is 2.38. The minimum absolute atomic E-state index is 0.0114. The summed E-state index contributed by atoms with van der Waals surface area (Å²) >= 11 is 0. The molecule has 0 saturated carbocycles. The lowest BCUT2D eigenvalue weighted by Gasteiger charge is -2.32. The van der Waals surface area contributed by atoms with Gasteiger partial charge >= 0.3 is 0 Å². The van der Waals surface area contributed by atoms with Crippen LogP contribution in [0.3, 0.4) is 0 Å². The number of piperazine rings is 1. The number of hydrogen-bond acceptors (Lipinski definition) is 3. The summed E-state index contributed by atoms with van der Waals surface area (Å²) in [6.45, 7) is 2.02. The molecule has 0 aromatic heterocycles. The summed E-state index contributed by atoms with van der Waals surface area (Å²) < 4.78 is 0. The van der Waals surface area contributed by atoms with Crippen LogP contribution in [0.1, 0.15) is 12.8 Å². The highest BCUT2D eigenvalue weighted by Crippen LogP contribution is 2.04. The molecule has 1 aliphatic heterocycles. The van der Waals surface area contributed by atoms with Crippen LogP contribution in [0.25, 0.3) is 0 Å². The number of rotatable bonds is 3. The normalized spacial score (nSPS) is 17.4. The molecule has 0 unspecified atom stereocenters. The van der Waals surface area contributed by atoms with E-state index in [9.17, 15) is 9.59 Å². The van der Waals surface area contributed by atoms with Gasteiger partial charge in [-0.1, -0.05) is 0 Å². The smallest absolute Gasteiger partial charge is 0.241 e. The number of carbonyl (C=O) groups is 2. The van der Waals surface area contributed by atoms with Crippen LogP contribution in [0, 0.1) is 0 Å². The molecule has 5 nitrogen and oxygen atoms in total. The van der Waals surface area contributed by atoms with E-state index in [0.29, 0.717) is 32.5 Å². The van der Waals surface area contributed by atoms with Gasteiger partial charge in [0.15, 0.2) is 0 Å². The molecule has 0 aromatic carbocycles. The van der Waals surface area contributed by atoms with Gasteiger partial charge in [-0.25, -0.2) is 0 Å². The maximum absolute atomic E-state index is 11.5. The Morgan fingerprint density at radius 3 is 2.79 bits per heavy atom. The molecule has 0 aromatic rings. The molecule has 1 aliphatic rings. The molecule has 0 spiro atoms. The standard InChI is InChI=1S/C9H17N3O2/c1-11-5-6-12(7-9(11)14)8(13)3-2-4-10/h2-7,10H2,1H3. The molecule has 2 N–H and O–H groups in total. The maximum Gasteiger partial charge on any atom is 0.241 e. The monoisotopic (exact) mass is 199 g/mol. The fourth-order valence-corrected chi connectivity index (χ4v) is 1.38. The summed E-state index contributed by atoms with van der Waals surface area (Å²) in [6, 6.07) is 0. The number of nitrogens with zero attached hydrogens (tertiary/aromatic N) is 2. The second-order valence-electron chi connectivity index (χ2n) is 3.52. The number of amides is 2. The van der Waals surface area contributed by atoms with Gasteiger partial charge < -0.3 is 15.5 Å². The maximum atomic E-state index is 11.5. The Labute approximate surface area is 83.8 Å². The van der Waals surface area contributed by atoms with Gasteiger partial charge in [-0.2, -0.15) is 0 Å². The van der Waals surface area contributed by atoms with E-state index in [-0.39, 0.29) is 18.4 Å². The van der Waals surface area contributed by atoms with E-state index in [1.165, 1.54) is 0 Å². The van der Waals surface area contributed by atoms with Gasteiger partial charge in [-0.15, -0.1) is 0 Å². The third-order valence-electron chi connectivity index (χ3n) is 2.40. The first-order valence-electron chi connectivity index (χ1n) is 4.87. The van der Waals surface area contributed by atoms with Crippen LogP contribution in [0.2, 0.25) is 0 Å². The van der Waals surface area contributed by atoms with Crippen molar-refractivity contribution in [3.8, 4) is 0 Å². The molecule has 1 saturated heterocycles.